The highest BCUT2D eigenvalue weighted by molar-refractivity contribution is 7.99. The maximum Gasteiger partial charge on any atom is 0.188 e. The van der Waals surface area contributed by atoms with E-state index < -0.39 is 0 Å². The fourth-order valence-electron chi connectivity index (χ4n) is 3.28. The third kappa shape index (κ3) is 6.58. The lowest BCUT2D eigenvalue weighted by Crippen LogP contribution is -2.40. The number of benzene rings is 2. The van der Waals surface area contributed by atoms with Crippen molar-refractivity contribution in [2.24, 2.45) is 11.8 Å². The summed E-state index contributed by atoms with van der Waals surface area (Å²) in [5, 5.41) is 3.76. The van der Waals surface area contributed by atoms with Crippen LogP contribution in [0.1, 0.15) is 19.4 Å². The van der Waals surface area contributed by atoms with Gasteiger partial charge in [0.15, 0.2) is 6.79 Å². The normalized spacial score (nSPS) is 17.2. The largest absolute Gasteiger partial charge is 0.491 e. The van der Waals surface area contributed by atoms with Crippen LogP contribution in [0, 0.1) is 18.8 Å². The summed E-state index contributed by atoms with van der Waals surface area (Å²) in [7, 11) is 1.65. The summed E-state index contributed by atoms with van der Waals surface area (Å²) >= 11 is 3.75. The molecule has 6 heteroatoms. The van der Waals surface area contributed by atoms with Gasteiger partial charge in [-0.15, -0.1) is 23.5 Å². The maximum absolute atomic E-state index is 6.03. The van der Waals surface area contributed by atoms with Gasteiger partial charge in [0.1, 0.15) is 18.1 Å². The van der Waals surface area contributed by atoms with Crippen LogP contribution in [0.15, 0.2) is 52.3 Å². The van der Waals surface area contributed by atoms with E-state index in [0.29, 0.717) is 17.9 Å². The summed E-state index contributed by atoms with van der Waals surface area (Å²) in [5.74, 6) is 5.16. The SMILES string of the molecule is COCOc1c(C)cccc1SC[C@@H](CNC1COc2ccccc2SC1)C(C)C. The van der Waals surface area contributed by atoms with Crippen LogP contribution in [0.3, 0.4) is 0 Å². The van der Waals surface area contributed by atoms with Gasteiger partial charge in [0, 0.05) is 28.4 Å². The molecule has 1 heterocycles. The molecular weight excluding hydrogens is 414 g/mol. The highest BCUT2D eigenvalue weighted by Crippen LogP contribution is 2.35. The molecule has 1 aliphatic heterocycles. The number of aryl methyl sites for hydroxylation is 1. The molecular formula is C24H33NO3S2. The third-order valence-electron chi connectivity index (χ3n) is 5.29. The van der Waals surface area contributed by atoms with Crippen LogP contribution in [0.2, 0.25) is 0 Å². The number of nitrogens with one attached hydrogen (secondary N) is 1. The third-order valence-corrected chi connectivity index (χ3v) is 7.74. The summed E-state index contributed by atoms with van der Waals surface area (Å²) in [6.45, 7) is 8.66. The molecule has 30 heavy (non-hydrogen) atoms. The van der Waals surface area contributed by atoms with Crippen molar-refractivity contribution in [2.75, 3.05) is 38.6 Å². The molecule has 0 bridgehead atoms. The highest BCUT2D eigenvalue weighted by atomic mass is 32.2. The van der Waals surface area contributed by atoms with Crippen LogP contribution in [0.5, 0.6) is 11.5 Å². The number of fused-ring (bicyclic) bond motifs is 1. The van der Waals surface area contributed by atoms with Crippen molar-refractivity contribution >= 4 is 23.5 Å². The van der Waals surface area contributed by atoms with E-state index in [1.54, 1.807) is 7.11 Å². The lowest BCUT2D eigenvalue weighted by molar-refractivity contribution is 0.0486. The van der Waals surface area contributed by atoms with E-state index in [4.69, 9.17) is 14.2 Å². The summed E-state index contributed by atoms with van der Waals surface area (Å²) in [5.41, 5.74) is 1.14. The summed E-state index contributed by atoms with van der Waals surface area (Å²) in [6, 6.07) is 15.0. The Balaban J connectivity index is 1.54. The Bertz CT molecular complexity index is 773. The molecule has 2 atom stereocenters. The molecule has 0 aliphatic carbocycles. The van der Waals surface area contributed by atoms with Crippen molar-refractivity contribution < 1.29 is 14.2 Å². The smallest absolute Gasteiger partial charge is 0.188 e. The van der Waals surface area contributed by atoms with Gasteiger partial charge in [0.25, 0.3) is 0 Å². The molecule has 164 valence electrons. The van der Waals surface area contributed by atoms with Crippen LogP contribution in [-0.4, -0.2) is 44.6 Å². The van der Waals surface area contributed by atoms with Gasteiger partial charge in [0.05, 0.1) is 6.04 Å². The quantitative estimate of drug-likeness (QED) is 0.384. The van der Waals surface area contributed by atoms with Gasteiger partial charge in [-0.05, 0) is 49.1 Å². The Morgan fingerprint density at radius 1 is 1.20 bits per heavy atom. The first-order chi connectivity index (χ1) is 14.6. The van der Waals surface area contributed by atoms with Gasteiger partial charge in [-0.25, -0.2) is 0 Å². The Morgan fingerprint density at radius 3 is 2.83 bits per heavy atom. The second kappa shape index (κ2) is 11.9. The predicted octanol–water partition coefficient (Wildman–Crippen LogP) is 5.48. The molecule has 0 radical (unpaired) electrons. The van der Waals surface area contributed by atoms with E-state index in [2.05, 4.69) is 62.5 Å². The van der Waals surface area contributed by atoms with Crippen LogP contribution in [-0.2, 0) is 4.74 Å². The van der Waals surface area contributed by atoms with Gasteiger partial charge >= 0.3 is 0 Å². The fourth-order valence-corrected chi connectivity index (χ4v) is 5.74. The first-order valence-electron chi connectivity index (χ1n) is 10.5. The topological polar surface area (TPSA) is 39.7 Å². The maximum atomic E-state index is 6.03. The Kier molecular flexibility index (Phi) is 9.25. The van der Waals surface area contributed by atoms with Crippen LogP contribution < -0.4 is 14.8 Å². The highest BCUT2D eigenvalue weighted by Gasteiger charge is 2.21. The molecule has 0 fully saturated rings. The standard InChI is InChI=1S/C24H33NO3S2/c1-17(2)19(14-29-23-11-7-8-18(3)24(23)28-16-26-4)12-25-20-13-27-21-9-5-6-10-22(21)30-15-20/h5-11,17,19-20,25H,12-16H2,1-4H3/t19-,20?/m1/s1. The van der Waals surface area contributed by atoms with E-state index in [9.17, 15) is 0 Å². The van der Waals surface area contributed by atoms with E-state index >= 15 is 0 Å². The average Bonchev–Trinajstić information content (AvgIpc) is 2.95. The van der Waals surface area contributed by atoms with Gasteiger partial charge in [-0.2, -0.15) is 0 Å². The molecule has 0 aromatic heterocycles. The Morgan fingerprint density at radius 2 is 2.03 bits per heavy atom. The minimum absolute atomic E-state index is 0.273. The molecule has 0 saturated heterocycles. The lowest BCUT2D eigenvalue weighted by Gasteiger charge is -2.25. The monoisotopic (exact) mass is 447 g/mol. The molecule has 2 aromatic carbocycles. The van der Waals surface area contributed by atoms with Crippen molar-refractivity contribution in [2.45, 2.75) is 36.6 Å². The van der Waals surface area contributed by atoms with Gasteiger partial charge < -0.3 is 19.5 Å². The van der Waals surface area contributed by atoms with Crippen molar-refractivity contribution in [3.63, 3.8) is 0 Å². The van der Waals surface area contributed by atoms with E-state index in [-0.39, 0.29) is 6.79 Å². The van der Waals surface area contributed by atoms with Gasteiger partial charge in [-0.1, -0.05) is 38.1 Å². The van der Waals surface area contributed by atoms with E-state index in [1.165, 1.54) is 9.79 Å². The number of para-hydroxylation sites is 2. The zero-order chi connectivity index (χ0) is 21.3. The number of ether oxygens (including phenoxy) is 3. The molecule has 1 aliphatic rings. The number of methoxy groups -OCH3 is 1. The average molecular weight is 448 g/mol. The van der Waals surface area contributed by atoms with Crippen molar-refractivity contribution in [1.29, 1.82) is 0 Å². The first-order valence-corrected chi connectivity index (χ1v) is 12.5. The zero-order valence-corrected chi connectivity index (χ0v) is 20.0. The lowest BCUT2D eigenvalue weighted by atomic mass is 9.98. The number of hydrogen-bond acceptors (Lipinski definition) is 6. The Labute approximate surface area is 189 Å². The van der Waals surface area contributed by atoms with E-state index in [0.717, 1.165) is 41.7 Å². The van der Waals surface area contributed by atoms with Crippen molar-refractivity contribution in [1.82, 2.24) is 5.32 Å². The number of hydrogen-bond donors (Lipinski definition) is 1. The van der Waals surface area contributed by atoms with Crippen LogP contribution in [0.4, 0.5) is 0 Å². The van der Waals surface area contributed by atoms with Gasteiger partial charge in [-0.3, -0.25) is 0 Å². The second-order valence-corrected chi connectivity index (χ2v) is 10.1. The molecule has 2 aromatic rings. The molecule has 1 N–H and O–H groups in total. The van der Waals surface area contributed by atoms with Gasteiger partial charge in [0.2, 0.25) is 0 Å². The fraction of sp³-hybridized carbons (Fsp3) is 0.500. The Hall–Kier alpha value is -1.34. The molecule has 0 amide bonds. The zero-order valence-electron chi connectivity index (χ0n) is 18.4. The molecule has 1 unspecified atom stereocenters. The number of rotatable bonds is 10. The number of thioether (sulfide) groups is 2. The molecule has 4 nitrogen and oxygen atoms in total. The first kappa shape index (κ1) is 23.3. The van der Waals surface area contributed by atoms with E-state index in [1.807, 2.05) is 29.6 Å². The van der Waals surface area contributed by atoms with Crippen molar-refractivity contribution in [3.8, 4) is 11.5 Å². The summed E-state index contributed by atoms with van der Waals surface area (Å²) in [4.78, 5) is 2.42. The molecule has 0 spiro atoms. The van der Waals surface area contributed by atoms with Crippen LogP contribution >= 0.6 is 23.5 Å². The summed E-state index contributed by atoms with van der Waals surface area (Å²) in [6.07, 6.45) is 0. The predicted molar refractivity (Wildman–Crippen MR) is 127 cm³/mol. The molecule has 0 saturated carbocycles. The molecule has 3 rings (SSSR count). The minimum atomic E-state index is 0.273. The van der Waals surface area contributed by atoms with Crippen molar-refractivity contribution in [3.05, 3.63) is 48.0 Å². The van der Waals surface area contributed by atoms with Crippen LogP contribution in [0.25, 0.3) is 0 Å². The minimum Gasteiger partial charge on any atom is -0.491 e. The summed E-state index contributed by atoms with van der Waals surface area (Å²) < 4.78 is 17.0. The second-order valence-electron chi connectivity index (χ2n) is 7.94.